The molecule has 0 aliphatic heterocycles. The van der Waals surface area contributed by atoms with Crippen LogP contribution in [0.1, 0.15) is 25.7 Å². The second-order valence-electron chi connectivity index (χ2n) is 3.21. The molecule has 0 aromatic rings. The minimum absolute atomic E-state index is 0.123. The zero-order chi connectivity index (χ0) is 8.32. The Morgan fingerprint density at radius 3 is 2.64 bits per heavy atom. The van der Waals surface area contributed by atoms with Gasteiger partial charge in [-0.25, -0.2) is 0 Å². The highest BCUT2D eigenvalue weighted by molar-refractivity contribution is 7.16. The molecule has 0 saturated heterocycles. The molecular weight excluding hydrogens is 157 g/mol. The Labute approximate surface area is 69.6 Å². The maximum Gasteiger partial charge on any atom is 0.0839 e. The van der Waals surface area contributed by atoms with Crippen molar-refractivity contribution in [2.75, 3.05) is 6.16 Å². The van der Waals surface area contributed by atoms with Crippen molar-refractivity contribution in [2.24, 2.45) is 10.6 Å². The Hall–Kier alpha value is -0.230. The van der Waals surface area contributed by atoms with Gasteiger partial charge in [0.25, 0.3) is 0 Å². The summed E-state index contributed by atoms with van der Waals surface area (Å²) in [4.78, 5) is 10.2. The standard InChI is InChI=1S/C8H14NOP/c1-7(9-10)8(4-5-8)3-2-6-11/h1-6,11H2. The van der Waals surface area contributed by atoms with Gasteiger partial charge in [-0.2, -0.15) is 0 Å². The summed E-state index contributed by atoms with van der Waals surface area (Å²) in [5, 5.41) is 2.92. The molecule has 0 amide bonds. The van der Waals surface area contributed by atoms with Gasteiger partial charge in [0.1, 0.15) is 0 Å². The molecule has 11 heavy (non-hydrogen) atoms. The molecule has 0 aromatic carbocycles. The van der Waals surface area contributed by atoms with Crippen molar-refractivity contribution in [3.05, 3.63) is 17.2 Å². The Morgan fingerprint density at radius 1 is 1.64 bits per heavy atom. The van der Waals surface area contributed by atoms with E-state index in [-0.39, 0.29) is 5.41 Å². The average molecular weight is 171 g/mol. The van der Waals surface area contributed by atoms with Crippen LogP contribution in [0, 0.1) is 10.3 Å². The van der Waals surface area contributed by atoms with Crippen LogP contribution in [0.25, 0.3) is 0 Å². The quantitative estimate of drug-likeness (QED) is 0.462. The molecule has 3 heteroatoms. The first-order valence-electron chi connectivity index (χ1n) is 3.98. The van der Waals surface area contributed by atoms with E-state index in [1.165, 1.54) is 0 Å². The Kier molecular flexibility index (Phi) is 2.78. The van der Waals surface area contributed by atoms with Crippen molar-refractivity contribution in [1.29, 1.82) is 0 Å². The summed E-state index contributed by atoms with van der Waals surface area (Å²) in [5.74, 6) is 0. The lowest BCUT2D eigenvalue weighted by atomic mass is 9.98. The summed E-state index contributed by atoms with van der Waals surface area (Å²) >= 11 is 0. The van der Waals surface area contributed by atoms with Gasteiger partial charge in [-0.1, -0.05) is 6.58 Å². The van der Waals surface area contributed by atoms with Crippen molar-refractivity contribution in [1.82, 2.24) is 0 Å². The first-order chi connectivity index (χ1) is 5.25. The third-order valence-corrected chi connectivity index (χ3v) is 2.84. The lowest BCUT2D eigenvalue weighted by Crippen LogP contribution is -2.01. The highest BCUT2D eigenvalue weighted by atomic mass is 31.0. The number of allylic oxidation sites excluding steroid dienone is 1. The number of nitroso groups, excluding NO2 is 1. The van der Waals surface area contributed by atoms with Crippen LogP contribution in [-0.2, 0) is 0 Å². The SMILES string of the molecule is C=C(N=O)C1(CCCP)CC1. The first kappa shape index (κ1) is 8.86. The van der Waals surface area contributed by atoms with E-state index in [2.05, 4.69) is 21.0 Å². The van der Waals surface area contributed by atoms with Crippen LogP contribution in [0.15, 0.2) is 17.5 Å². The second kappa shape index (κ2) is 3.44. The molecule has 0 radical (unpaired) electrons. The molecule has 1 atom stereocenters. The van der Waals surface area contributed by atoms with E-state index in [0.29, 0.717) is 5.70 Å². The number of rotatable bonds is 5. The minimum Gasteiger partial charge on any atom is -0.145 e. The molecule has 1 unspecified atom stereocenters. The fourth-order valence-corrected chi connectivity index (χ4v) is 1.58. The van der Waals surface area contributed by atoms with E-state index in [1.54, 1.807) is 0 Å². The van der Waals surface area contributed by atoms with Crippen molar-refractivity contribution in [3.8, 4) is 0 Å². The zero-order valence-electron chi connectivity index (χ0n) is 6.68. The predicted molar refractivity (Wildman–Crippen MR) is 50.4 cm³/mol. The summed E-state index contributed by atoms with van der Waals surface area (Å²) in [6.45, 7) is 3.67. The lowest BCUT2D eigenvalue weighted by Gasteiger charge is -2.10. The van der Waals surface area contributed by atoms with Crippen LogP contribution in [0.3, 0.4) is 0 Å². The lowest BCUT2D eigenvalue weighted by molar-refractivity contribution is 0.537. The molecule has 2 nitrogen and oxygen atoms in total. The Bertz CT molecular complexity index is 175. The maximum absolute atomic E-state index is 10.2. The molecule has 1 fully saturated rings. The monoisotopic (exact) mass is 171 g/mol. The number of hydrogen-bond donors (Lipinski definition) is 0. The molecule has 1 rings (SSSR count). The van der Waals surface area contributed by atoms with Crippen LogP contribution < -0.4 is 0 Å². The van der Waals surface area contributed by atoms with Gasteiger partial charge in [0.15, 0.2) is 0 Å². The fraction of sp³-hybridized carbons (Fsp3) is 0.750. The van der Waals surface area contributed by atoms with Gasteiger partial charge in [-0.05, 0) is 37.0 Å². The molecule has 1 aliphatic rings. The topological polar surface area (TPSA) is 29.4 Å². The smallest absolute Gasteiger partial charge is 0.0839 e. The van der Waals surface area contributed by atoms with Gasteiger partial charge in [0.05, 0.1) is 5.70 Å². The molecular formula is C8H14NOP. The Morgan fingerprint density at radius 2 is 2.27 bits per heavy atom. The van der Waals surface area contributed by atoms with E-state index < -0.39 is 0 Å². The third-order valence-electron chi connectivity index (χ3n) is 2.44. The zero-order valence-corrected chi connectivity index (χ0v) is 7.83. The summed E-state index contributed by atoms with van der Waals surface area (Å²) in [7, 11) is 2.69. The van der Waals surface area contributed by atoms with Crippen molar-refractivity contribution in [3.63, 3.8) is 0 Å². The van der Waals surface area contributed by atoms with E-state index in [9.17, 15) is 4.91 Å². The summed E-state index contributed by atoms with van der Waals surface area (Å²) in [6.07, 6.45) is 5.57. The van der Waals surface area contributed by atoms with Crippen LogP contribution in [0.5, 0.6) is 0 Å². The van der Waals surface area contributed by atoms with Crippen LogP contribution in [-0.4, -0.2) is 6.16 Å². The van der Waals surface area contributed by atoms with Crippen LogP contribution in [0.2, 0.25) is 0 Å². The highest BCUT2D eigenvalue weighted by Gasteiger charge is 2.45. The van der Waals surface area contributed by atoms with Crippen LogP contribution in [0.4, 0.5) is 0 Å². The fourth-order valence-electron chi connectivity index (χ4n) is 1.37. The first-order valence-corrected chi connectivity index (χ1v) is 4.80. The van der Waals surface area contributed by atoms with Crippen molar-refractivity contribution in [2.45, 2.75) is 25.7 Å². The molecule has 1 aliphatic carbocycles. The summed E-state index contributed by atoms with van der Waals surface area (Å²) in [6, 6.07) is 0. The predicted octanol–water partition coefficient (Wildman–Crippen LogP) is 2.70. The maximum atomic E-state index is 10.2. The van der Waals surface area contributed by atoms with Gasteiger partial charge >= 0.3 is 0 Å². The van der Waals surface area contributed by atoms with Gasteiger partial charge in [0.2, 0.25) is 0 Å². The second-order valence-corrected chi connectivity index (χ2v) is 3.79. The van der Waals surface area contributed by atoms with Gasteiger partial charge in [-0.3, -0.25) is 0 Å². The molecule has 0 spiro atoms. The van der Waals surface area contributed by atoms with Gasteiger partial charge in [0, 0.05) is 5.41 Å². The average Bonchev–Trinajstić information content (AvgIpc) is 2.80. The molecule has 0 bridgehead atoms. The minimum atomic E-state index is 0.123. The molecule has 1 saturated carbocycles. The molecule has 62 valence electrons. The third kappa shape index (κ3) is 1.87. The number of nitrogens with zero attached hydrogens (tertiary/aromatic N) is 1. The largest absolute Gasteiger partial charge is 0.145 e. The van der Waals surface area contributed by atoms with Crippen molar-refractivity contribution >= 4 is 9.24 Å². The van der Waals surface area contributed by atoms with E-state index in [1.807, 2.05) is 0 Å². The van der Waals surface area contributed by atoms with Gasteiger partial charge < -0.3 is 0 Å². The molecule has 0 N–H and O–H groups in total. The summed E-state index contributed by atoms with van der Waals surface area (Å²) in [5.41, 5.74) is 0.689. The molecule has 0 aromatic heterocycles. The Balaban J connectivity index is 2.40. The summed E-state index contributed by atoms with van der Waals surface area (Å²) < 4.78 is 0. The normalized spacial score (nSPS) is 19.4. The molecule has 0 heterocycles. The van der Waals surface area contributed by atoms with E-state index in [0.717, 1.165) is 31.8 Å². The van der Waals surface area contributed by atoms with Crippen molar-refractivity contribution < 1.29 is 0 Å². The van der Waals surface area contributed by atoms with E-state index in [4.69, 9.17) is 0 Å². The van der Waals surface area contributed by atoms with Gasteiger partial charge in [-0.15, -0.1) is 14.1 Å². The van der Waals surface area contributed by atoms with Crippen LogP contribution >= 0.6 is 9.24 Å². The number of hydrogen-bond acceptors (Lipinski definition) is 2. The highest BCUT2D eigenvalue weighted by Crippen LogP contribution is 2.55. The van der Waals surface area contributed by atoms with E-state index >= 15 is 0 Å².